The van der Waals surface area contributed by atoms with Gasteiger partial charge in [0.2, 0.25) is 5.91 Å². The summed E-state index contributed by atoms with van der Waals surface area (Å²) in [7, 11) is 1.64. The van der Waals surface area contributed by atoms with Gasteiger partial charge in [-0.05, 0) is 17.9 Å². The predicted molar refractivity (Wildman–Crippen MR) is 73.1 cm³/mol. The van der Waals surface area contributed by atoms with Crippen LogP contribution in [0.2, 0.25) is 0 Å². The maximum atomic E-state index is 12.0. The van der Waals surface area contributed by atoms with Crippen LogP contribution in [0.3, 0.4) is 0 Å². The Balaban J connectivity index is 1.87. The lowest BCUT2D eigenvalue weighted by atomic mass is 10.1. The number of likely N-dealkylation sites (tertiary alicyclic amines) is 1. The van der Waals surface area contributed by atoms with Crippen LogP contribution in [-0.4, -0.2) is 60.0 Å². The Kier molecular flexibility index (Phi) is 4.55. The van der Waals surface area contributed by atoms with Crippen molar-refractivity contribution in [3.05, 3.63) is 22.4 Å². The smallest absolute Gasteiger partial charge is 0.264 e. The van der Waals surface area contributed by atoms with Crippen molar-refractivity contribution in [3.63, 3.8) is 0 Å². The Morgan fingerprint density at radius 1 is 1.58 bits per heavy atom. The first kappa shape index (κ1) is 14.0. The van der Waals surface area contributed by atoms with Crippen LogP contribution in [0.4, 0.5) is 0 Å². The lowest BCUT2D eigenvalue weighted by Crippen LogP contribution is -2.40. The fourth-order valence-electron chi connectivity index (χ4n) is 2.17. The van der Waals surface area contributed by atoms with E-state index < -0.39 is 0 Å². The largest absolute Gasteiger partial charge is 0.396 e. The van der Waals surface area contributed by atoms with Crippen molar-refractivity contribution in [2.45, 2.75) is 6.42 Å². The van der Waals surface area contributed by atoms with Gasteiger partial charge >= 0.3 is 0 Å². The molecule has 0 spiro atoms. The third-order valence-corrected chi connectivity index (χ3v) is 4.21. The molecule has 1 atom stereocenters. The highest BCUT2D eigenvalue weighted by atomic mass is 32.1. The molecule has 2 heterocycles. The topological polar surface area (TPSA) is 60.9 Å². The summed E-state index contributed by atoms with van der Waals surface area (Å²) in [5.74, 6) is 0.00636. The normalized spacial score (nSPS) is 18.6. The van der Waals surface area contributed by atoms with Crippen molar-refractivity contribution in [3.8, 4) is 0 Å². The number of rotatable bonds is 4. The van der Waals surface area contributed by atoms with Gasteiger partial charge in [0.05, 0.1) is 11.4 Å². The highest BCUT2D eigenvalue weighted by Gasteiger charge is 2.27. The average molecular weight is 282 g/mol. The Hall–Kier alpha value is -1.40. The van der Waals surface area contributed by atoms with Gasteiger partial charge in [-0.1, -0.05) is 6.07 Å². The zero-order valence-corrected chi connectivity index (χ0v) is 11.7. The molecule has 0 aromatic carbocycles. The molecule has 104 valence electrons. The summed E-state index contributed by atoms with van der Waals surface area (Å²) in [6.07, 6.45) is 0.838. The highest BCUT2D eigenvalue weighted by Crippen LogP contribution is 2.16. The molecule has 0 bridgehead atoms. The van der Waals surface area contributed by atoms with Crippen LogP contribution < -0.4 is 0 Å². The zero-order chi connectivity index (χ0) is 13.8. The number of carbonyl (C=O) groups excluding carboxylic acids is 2. The molecule has 1 aliphatic rings. The molecule has 6 heteroatoms. The minimum atomic E-state index is -0.124. The van der Waals surface area contributed by atoms with Gasteiger partial charge in [-0.15, -0.1) is 11.3 Å². The van der Waals surface area contributed by atoms with Crippen LogP contribution in [-0.2, 0) is 4.79 Å². The van der Waals surface area contributed by atoms with E-state index in [4.69, 9.17) is 5.11 Å². The molecule has 1 unspecified atom stereocenters. The number of hydrogen-bond donors (Lipinski definition) is 1. The van der Waals surface area contributed by atoms with Gasteiger partial charge < -0.3 is 14.9 Å². The van der Waals surface area contributed by atoms with E-state index >= 15 is 0 Å². The summed E-state index contributed by atoms with van der Waals surface area (Å²) in [4.78, 5) is 27.9. The summed E-state index contributed by atoms with van der Waals surface area (Å²) in [5, 5.41) is 10.9. The molecule has 1 aromatic heterocycles. The summed E-state index contributed by atoms with van der Waals surface area (Å²) in [6, 6.07) is 3.57. The van der Waals surface area contributed by atoms with Gasteiger partial charge in [0.25, 0.3) is 5.91 Å². The molecule has 1 saturated heterocycles. The van der Waals surface area contributed by atoms with E-state index in [1.807, 2.05) is 11.4 Å². The van der Waals surface area contributed by atoms with Gasteiger partial charge in [-0.2, -0.15) is 0 Å². The number of carbonyl (C=O) groups is 2. The molecule has 2 amide bonds. The highest BCUT2D eigenvalue weighted by molar-refractivity contribution is 7.12. The minimum Gasteiger partial charge on any atom is -0.396 e. The third-order valence-electron chi connectivity index (χ3n) is 3.35. The first-order valence-electron chi connectivity index (χ1n) is 6.29. The molecule has 1 aromatic rings. The van der Waals surface area contributed by atoms with Crippen LogP contribution in [0.25, 0.3) is 0 Å². The molecule has 0 radical (unpaired) electrons. The van der Waals surface area contributed by atoms with E-state index in [2.05, 4.69) is 0 Å². The van der Waals surface area contributed by atoms with Gasteiger partial charge in [0.1, 0.15) is 0 Å². The minimum absolute atomic E-state index is 0.0524. The quantitative estimate of drug-likeness (QED) is 0.882. The van der Waals surface area contributed by atoms with E-state index in [1.165, 1.54) is 16.2 Å². The van der Waals surface area contributed by atoms with E-state index in [1.54, 1.807) is 18.0 Å². The predicted octanol–water partition coefficient (Wildman–Crippen LogP) is 0.661. The number of thiophene rings is 1. The second-order valence-electron chi connectivity index (χ2n) is 4.82. The summed E-state index contributed by atoms with van der Waals surface area (Å²) in [6.45, 7) is 1.48. The fourth-order valence-corrected chi connectivity index (χ4v) is 2.89. The van der Waals surface area contributed by atoms with Crippen LogP contribution >= 0.6 is 11.3 Å². The Morgan fingerprint density at radius 2 is 2.37 bits per heavy atom. The molecule has 2 rings (SSSR count). The molecule has 1 fully saturated rings. The van der Waals surface area contributed by atoms with Crippen LogP contribution in [0.1, 0.15) is 16.1 Å². The molecule has 5 nitrogen and oxygen atoms in total. The van der Waals surface area contributed by atoms with E-state index in [-0.39, 0.29) is 30.9 Å². The Bertz CT molecular complexity index is 447. The number of aliphatic hydroxyl groups is 1. The zero-order valence-electron chi connectivity index (χ0n) is 10.9. The van der Waals surface area contributed by atoms with Crippen molar-refractivity contribution >= 4 is 23.2 Å². The Labute approximate surface area is 116 Å². The summed E-state index contributed by atoms with van der Waals surface area (Å²) in [5.41, 5.74) is 0. The average Bonchev–Trinajstić information content (AvgIpc) is 3.08. The van der Waals surface area contributed by atoms with E-state index in [0.717, 1.165) is 6.42 Å². The molecule has 1 aliphatic heterocycles. The lowest BCUT2D eigenvalue weighted by molar-refractivity contribution is -0.130. The van der Waals surface area contributed by atoms with Gasteiger partial charge in [0, 0.05) is 32.7 Å². The maximum Gasteiger partial charge on any atom is 0.264 e. The van der Waals surface area contributed by atoms with Crippen molar-refractivity contribution in [1.82, 2.24) is 9.80 Å². The van der Waals surface area contributed by atoms with E-state index in [9.17, 15) is 9.59 Å². The second kappa shape index (κ2) is 6.16. The maximum absolute atomic E-state index is 12.0. The molecule has 1 N–H and O–H groups in total. The van der Waals surface area contributed by atoms with Gasteiger partial charge in [-0.25, -0.2) is 0 Å². The SMILES string of the molecule is CN(CC(=O)N1CCC(CO)C1)C(=O)c1cccs1. The van der Waals surface area contributed by atoms with Crippen molar-refractivity contribution in [2.75, 3.05) is 33.3 Å². The van der Waals surface area contributed by atoms with Crippen molar-refractivity contribution < 1.29 is 14.7 Å². The molecule has 0 aliphatic carbocycles. The number of hydrogen-bond acceptors (Lipinski definition) is 4. The van der Waals surface area contributed by atoms with E-state index in [0.29, 0.717) is 18.0 Å². The molecule has 0 saturated carbocycles. The second-order valence-corrected chi connectivity index (χ2v) is 5.76. The van der Waals surface area contributed by atoms with Crippen LogP contribution in [0, 0.1) is 5.92 Å². The summed E-state index contributed by atoms with van der Waals surface area (Å²) < 4.78 is 0. The third kappa shape index (κ3) is 3.33. The fraction of sp³-hybridized carbons (Fsp3) is 0.538. The molecular weight excluding hydrogens is 264 g/mol. The van der Waals surface area contributed by atoms with Gasteiger partial charge in [-0.3, -0.25) is 9.59 Å². The monoisotopic (exact) mass is 282 g/mol. The van der Waals surface area contributed by atoms with Crippen molar-refractivity contribution in [1.29, 1.82) is 0 Å². The first-order valence-corrected chi connectivity index (χ1v) is 7.17. The number of likely N-dealkylation sites (N-methyl/N-ethyl adjacent to an activating group) is 1. The van der Waals surface area contributed by atoms with Crippen molar-refractivity contribution in [2.24, 2.45) is 5.92 Å². The number of amides is 2. The Morgan fingerprint density at radius 3 is 2.95 bits per heavy atom. The van der Waals surface area contributed by atoms with Crippen LogP contribution in [0.15, 0.2) is 17.5 Å². The molecular formula is C13H18N2O3S. The number of aliphatic hydroxyl groups excluding tert-OH is 1. The molecule has 19 heavy (non-hydrogen) atoms. The summed E-state index contributed by atoms with van der Waals surface area (Å²) >= 11 is 1.37. The lowest BCUT2D eigenvalue weighted by Gasteiger charge is -2.21. The standard InChI is InChI=1S/C13H18N2O3S/c1-14(13(18)11-3-2-6-19-11)8-12(17)15-5-4-10(7-15)9-16/h2-3,6,10,16H,4-5,7-9H2,1H3. The number of nitrogens with zero attached hydrogens (tertiary/aromatic N) is 2. The van der Waals surface area contributed by atoms with Crippen LogP contribution in [0.5, 0.6) is 0 Å². The first-order chi connectivity index (χ1) is 9.11. The van der Waals surface area contributed by atoms with Gasteiger partial charge in [0.15, 0.2) is 0 Å².